The molecule has 23 heavy (non-hydrogen) atoms. The van der Waals surface area contributed by atoms with Crippen molar-refractivity contribution < 1.29 is 18.3 Å². The molecule has 0 aliphatic carbocycles. The average molecular weight is 354 g/mol. The number of aryl methyl sites for hydroxylation is 2. The Morgan fingerprint density at radius 3 is 2.39 bits per heavy atom. The van der Waals surface area contributed by atoms with Gasteiger partial charge in [0, 0.05) is 5.02 Å². The molecule has 2 aromatic rings. The number of rotatable bonds is 4. The Kier molecular flexibility index (Phi) is 4.68. The Hall–Kier alpha value is -2.05. The van der Waals surface area contributed by atoms with E-state index in [0.717, 1.165) is 0 Å². The molecule has 0 heterocycles. The normalized spacial score (nSPS) is 11.3. The van der Waals surface area contributed by atoms with Gasteiger partial charge in [0.1, 0.15) is 0 Å². The average Bonchev–Trinajstić information content (AvgIpc) is 2.43. The molecule has 0 radical (unpaired) electrons. The highest BCUT2D eigenvalue weighted by molar-refractivity contribution is 7.92. The standard InChI is InChI=1S/C16H16ClNO4S/c1-9-7-10(2)15(8-12(9)16(19)20)23(21,22)18-14-6-4-5-13(17)11(14)3/h4-8,18H,1-3H3,(H,19,20). The summed E-state index contributed by atoms with van der Waals surface area (Å²) in [6.45, 7) is 4.95. The first-order valence-corrected chi connectivity index (χ1v) is 8.62. The van der Waals surface area contributed by atoms with E-state index in [2.05, 4.69) is 4.72 Å². The van der Waals surface area contributed by atoms with E-state index in [1.54, 1.807) is 45.0 Å². The molecule has 2 N–H and O–H groups in total. The molecule has 0 atom stereocenters. The summed E-state index contributed by atoms with van der Waals surface area (Å²) in [5.74, 6) is -1.17. The van der Waals surface area contributed by atoms with Gasteiger partial charge in [0.15, 0.2) is 0 Å². The van der Waals surface area contributed by atoms with Gasteiger partial charge in [0.2, 0.25) is 0 Å². The molecule has 0 aromatic heterocycles. The quantitative estimate of drug-likeness (QED) is 0.876. The summed E-state index contributed by atoms with van der Waals surface area (Å²) in [6, 6.07) is 7.62. The molecule has 0 bridgehead atoms. The fraction of sp³-hybridized carbons (Fsp3) is 0.188. The zero-order chi connectivity index (χ0) is 17.4. The molecule has 5 nitrogen and oxygen atoms in total. The largest absolute Gasteiger partial charge is 0.478 e. The highest BCUT2D eigenvalue weighted by Crippen LogP contribution is 2.27. The Morgan fingerprint density at radius 2 is 1.78 bits per heavy atom. The van der Waals surface area contributed by atoms with Gasteiger partial charge in [-0.25, -0.2) is 13.2 Å². The van der Waals surface area contributed by atoms with Crippen LogP contribution in [0, 0.1) is 20.8 Å². The van der Waals surface area contributed by atoms with Crippen LogP contribution >= 0.6 is 11.6 Å². The fourth-order valence-electron chi connectivity index (χ4n) is 2.27. The predicted molar refractivity (Wildman–Crippen MR) is 89.9 cm³/mol. The smallest absolute Gasteiger partial charge is 0.335 e. The van der Waals surface area contributed by atoms with Crippen molar-refractivity contribution in [1.82, 2.24) is 0 Å². The molecule has 0 saturated carbocycles. The number of carboxylic acids is 1. The number of hydrogen-bond acceptors (Lipinski definition) is 3. The van der Waals surface area contributed by atoms with Crippen LogP contribution in [0.5, 0.6) is 0 Å². The van der Waals surface area contributed by atoms with Crippen LogP contribution in [-0.2, 0) is 10.0 Å². The first-order valence-electron chi connectivity index (χ1n) is 6.76. The number of anilines is 1. The molecular weight excluding hydrogens is 338 g/mol. The lowest BCUT2D eigenvalue weighted by Crippen LogP contribution is -2.16. The molecule has 122 valence electrons. The summed E-state index contributed by atoms with van der Waals surface area (Å²) in [5, 5.41) is 9.63. The van der Waals surface area contributed by atoms with Gasteiger partial charge in [-0.3, -0.25) is 4.72 Å². The summed E-state index contributed by atoms with van der Waals surface area (Å²) in [7, 11) is -3.93. The lowest BCUT2D eigenvalue weighted by atomic mass is 10.1. The van der Waals surface area contributed by atoms with E-state index >= 15 is 0 Å². The molecule has 2 rings (SSSR count). The lowest BCUT2D eigenvalue weighted by molar-refractivity contribution is 0.0696. The minimum absolute atomic E-state index is 0.0428. The lowest BCUT2D eigenvalue weighted by Gasteiger charge is -2.14. The van der Waals surface area contributed by atoms with Crippen LogP contribution in [0.25, 0.3) is 0 Å². The van der Waals surface area contributed by atoms with Crippen molar-refractivity contribution in [2.24, 2.45) is 0 Å². The van der Waals surface area contributed by atoms with Crippen molar-refractivity contribution in [3.8, 4) is 0 Å². The molecule has 0 unspecified atom stereocenters. The van der Waals surface area contributed by atoms with E-state index < -0.39 is 16.0 Å². The van der Waals surface area contributed by atoms with Crippen molar-refractivity contribution in [3.05, 3.63) is 57.6 Å². The molecule has 7 heteroatoms. The number of carboxylic acid groups (broad SMARTS) is 1. The van der Waals surface area contributed by atoms with Gasteiger partial charge in [0.05, 0.1) is 16.1 Å². The number of hydrogen-bond donors (Lipinski definition) is 2. The molecule has 0 amide bonds. The van der Waals surface area contributed by atoms with Crippen LogP contribution in [0.3, 0.4) is 0 Å². The van der Waals surface area contributed by atoms with Gasteiger partial charge >= 0.3 is 5.97 Å². The first-order chi connectivity index (χ1) is 10.6. The zero-order valence-electron chi connectivity index (χ0n) is 12.8. The van der Waals surface area contributed by atoms with Crippen molar-refractivity contribution in [1.29, 1.82) is 0 Å². The predicted octanol–water partition coefficient (Wildman–Crippen LogP) is 3.76. The van der Waals surface area contributed by atoms with E-state index in [1.807, 2.05) is 0 Å². The summed E-state index contributed by atoms with van der Waals surface area (Å²) >= 11 is 5.99. The second kappa shape index (κ2) is 6.22. The molecule has 0 aliphatic heterocycles. The summed E-state index contributed by atoms with van der Waals surface area (Å²) in [6.07, 6.45) is 0. The third kappa shape index (κ3) is 3.48. The van der Waals surface area contributed by atoms with Crippen molar-refractivity contribution in [2.45, 2.75) is 25.7 Å². The minimum atomic E-state index is -3.93. The molecule has 0 spiro atoms. The number of halogens is 1. The van der Waals surface area contributed by atoms with E-state index in [1.165, 1.54) is 6.07 Å². The van der Waals surface area contributed by atoms with E-state index in [4.69, 9.17) is 11.6 Å². The summed E-state index contributed by atoms with van der Waals surface area (Å²) in [4.78, 5) is 11.2. The SMILES string of the molecule is Cc1cc(C)c(S(=O)(=O)Nc2cccc(Cl)c2C)cc1C(=O)O. The molecule has 0 fully saturated rings. The van der Waals surface area contributed by atoms with Crippen LogP contribution in [0.15, 0.2) is 35.2 Å². The van der Waals surface area contributed by atoms with Gasteiger partial charge in [0.25, 0.3) is 10.0 Å². The highest BCUT2D eigenvalue weighted by Gasteiger charge is 2.21. The van der Waals surface area contributed by atoms with E-state index in [9.17, 15) is 18.3 Å². The Labute approximate surface area is 140 Å². The maximum absolute atomic E-state index is 12.6. The van der Waals surface area contributed by atoms with Crippen molar-refractivity contribution in [3.63, 3.8) is 0 Å². The molecule has 2 aromatic carbocycles. The summed E-state index contributed by atoms with van der Waals surface area (Å²) in [5.41, 5.74) is 1.89. The topological polar surface area (TPSA) is 83.5 Å². The van der Waals surface area contributed by atoms with Gasteiger partial charge in [-0.05, 0) is 55.7 Å². The fourth-order valence-corrected chi connectivity index (χ4v) is 3.82. The number of benzene rings is 2. The third-order valence-electron chi connectivity index (χ3n) is 3.55. The second-order valence-electron chi connectivity index (χ2n) is 5.26. The highest BCUT2D eigenvalue weighted by atomic mass is 35.5. The molecular formula is C16H16ClNO4S. The van der Waals surface area contributed by atoms with Crippen LogP contribution in [0.1, 0.15) is 27.0 Å². The van der Waals surface area contributed by atoms with E-state index in [-0.39, 0.29) is 10.5 Å². The van der Waals surface area contributed by atoms with Crippen LogP contribution in [-0.4, -0.2) is 19.5 Å². The Morgan fingerprint density at radius 1 is 1.13 bits per heavy atom. The van der Waals surface area contributed by atoms with Crippen molar-refractivity contribution in [2.75, 3.05) is 4.72 Å². The van der Waals surface area contributed by atoms with Gasteiger partial charge in [-0.2, -0.15) is 0 Å². The maximum atomic E-state index is 12.6. The maximum Gasteiger partial charge on any atom is 0.335 e. The van der Waals surface area contributed by atoms with Crippen LogP contribution in [0.2, 0.25) is 5.02 Å². The van der Waals surface area contributed by atoms with Gasteiger partial charge in [-0.1, -0.05) is 23.7 Å². The number of sulfonamides is 1. The monoisotopic (exact) mass is 353 g/mol. The van der Waals surface area contributed by atoms with Gasteiger partial charge < -0.3 is 5.11 Å². The zero-order valence-corrected chi connectivity index (χ0v) is 14.4. The number of nitrogens with one attached hydrogen (secondary N) is 1. The van der Waals surface area contributed by atoms with Crippen molar-refractivity contribution >= 4 is 33.3 Å². The number of carbonyl (C=O) groups is 1. The summed E-state index contributed by atoms with van der Waals surface area (Å²) < 4.78 is 27.7. The Balaban J connectivity index is 2.54. The second-order valence-corrected chi connectivity index (χ2v) is 7.31. The van der Waals surface area contributed by atoms with Crippen LogP contribution in [0.4, 0.5) is 5.69 Å². The van der Waals surface area contributed by atoms with Gasteiger partial charge in [-0.15, -0.1) is 0 Å². The molecule has 0 saturated heterocycles. The van der Waals surface area contributed by atoms with E-state index in [0.29, 0.717) is 27.4 Å². The minimum Gasteiger partial charge on any atom is -0.478 e. The Bertz CT molecular complexity index is 891. The molecule has 0 aliphatic rings. The van der Waals surface area contributed by atoms with Crippen LogP contribution < -0.4 is 4.72 Å². The number of aromatic carboxylic acids is 1. The first kappa shape index (κ1) is 17.3. The third-order valence-corrected chi connectivity index (χ3v) is 5.47.